The van der Waals surface area contributed by atoms with Crippen LogP contribution in [0.5, 0.6) is 11.5 Å². The van der Waals surface area contributed by atoms with Crippen molar-refractivity contribution >= 4 is 15.9 Å². The first-order chi connectivity index (χ1) is 8.27. The summed E-state index contributed by atoms with van der Waals surface area (Å²) in [5, 5.41) is 0. The third-order valence-corrected chi connectivity index (χ3v) is 3.31. The second kappa shape index (κ2) is 5.71. The van der Waals surface area contributed by atoms with Crippen LogP contribution in [0.15, 0.2) is 10.5 Å². The van der Waals surface area contributed by atoms with Crippen molar-refractivity contribution < 1.29 is 14.3 Å². The molecule has 1 aromatic carbocycles. The number of hydrogen-bond acceptors (Lipinski definition) is 4. The van der Waals surface area contributed by atoms with Crippen LogP contribution in [0, 0.1) is 0 Å². The SMILES string of the molecule is CCc1c(CNOC)cc(Br)c2c1OCCO2. The van der Waals surface area contributed by atoms with E-state index in [4.69, 9.17) is 14.3 Å². The zero-order valence-electron chi connectivity index (χ0n) is 10.0. The maximum Gasteiger partial charge on any atom is 0.175 e. The van der Waals surface area contributed by atoms with Crippen molar-refractivity contribution in [2.75, 3.05) is 20.3 Å². The quantitative estimate of drug-likeness (QED) is 0.867. The highest BCUT2D eigenvalue weighted by atomic mass is 79.9. The maximum atomic E-state index is 5.72. The summed E-state index contributed by atoms with van der Waals surface area (Å²) in [4.78, 5) is 4.89. The second-order valence-electron chi connectivity index (χ2n) is 3.73. The molecule has 0 saturated heterocycles. The van der Waals surface area contributed by atoms with Gasteiger partial charge in [-0.1, -0.05) is 6.92 Å². The fourth-order valence-corrected chi connectivity index (χ4v) is 2.54. The molecule has 0 amide bonds. The van der Waals surface area contributed by atoms with E-state index < -0.39 is 0 Å². The lowest BCUT2D eigenvalue weighted by molar-refractivity contribution is 0.0862. The van der Waals surface area contributed by atoms with Crippen LogP contribution in [-0.4, -0.2) is 20.3 Å². The van der Waals surface area contributed by atoms with Crippen LogP contribution in [-0.2, 0) is 17.8 Å². The highest BCUT2D eigenvalue weighted by Crippen LogP contribution is 2.42. The van der Waals surface area contributed by atoms with Crippen LogP contribution in [0.2, 0.25) is 0 Å². The third kappa shape index (κ3) is 2.56. The van der Waals surface area contributed by atoms with Crippen molar-refractivity contribution in [2.24, 2.45) is 0 Å². The Hall–Kier alpha value is -0.780. The number of ether oxygens (including phenoxy) is 2. The Labute approximate surface area is 109 Å². The molecular formula is C12H16BrNO3. The molecule has 0 saturated carbocycles. The predicted molar refractivity (Wildman–Crippen MR) is 68.4 cm³/mol. The number of nitrogens with one attached hydrogen (secondary N) is 1. The van der Waals surface area contributed by atoms with Crippen LogP contribution in [0.1, 0.15) is 18.1 Å². The summed E-state index contributed by atoms with van der Waals surface area (Å²) in [6.45, 7) is 3.96. The van der Waals surface area contributed by atoms with Crippen molar-refractivity contribution in [3.8, 4) is 11.5 Å². The maximum absolute atomic E-state index is 5.72. The lowest BCUT2D eigenvalue weighted by Crippen LogP contribution is -2.19. The third-order valence-electron chi connectivity index (χ3n) is 2.72. The van der Waals surface area contributed by atoms with Gasteiger partial charge in [0.1, 0.15) is 13.2 Å². The Morgan fingerprint density at radius 3 is 2.71 bits per heavy atom. The van der Waals surface area contributed by atoms with E-state index in [2.05, 4.69) is 34.4 Å². The molecule has 1 aromatic rings. The zero-order valence-corrected chi connectivity index (χ0v) is 11.6. The fourth-order valence-electron chi connectivity index (χ4n) is 1.97. The summed E-state index contributed by atoms with van der Waals surface area (Å²) in [5.41, 5.74) is 5.19. The molecule has 4 nitrogen and oxygen atoms in total. The van der Waals surface area contributed by atoms with Gasteiger partial charge in [0.25, 0.3) is 0 Å². The van der Waals surface area contributed by atoms with Gasteiger partial charge in [-0.15, -0.1) is 0 Å². The first kappa shape index (κ1) is 12.7. The summed E-state index contributed by atoms with van der Waals surface area (Å²) in [5.74, 6) is 1.68. The molecule has 1 N–H and O–H groups in total. The molecule has 0 aromatic heterocycles. The largest absolute Gasteiger partial charge is 0.486 e. The van der Waals surface area contributed by atoms with Gasteiger partial charge in [-0.05, 0) is 34.0 Å². The molecule has 0 unspecified atom stereocenters. The number of hydroxylamine groups is 1. The summed E-state index contributed by atoms with van der Waals surface area (Å²) in [6, 6.07) is 2.05. The monoisotopic (exact) mass is 301 g/mol. The molecule has 1 heterocycles. The van der Waals surface area contributed by atoms with Crippen LogP contribution in [0.25, 0.3) is 0 Å². The molecule has 0 spiro atoms. The lowest BCUT2D eigenvalue weighted by Gasteiger charge is -2.24. The van der Waals surface area contributed by atoms with E-state index in [1.807, 2.05) is 0 Å². The van der Waals surface area contributed by atoms with Gasteiger partial charge in [-0.25, -0.2) is 0 Å². The molecule has 17 heavy (non-hydrogen) atoms. The summed E-state index contributed by atoms with van der Waals surface area (Å²) in [7, 11) is 1.61. The van der Waals surface area contributed by atoms with E-state index in [0.717, 1.165) is 28.0 Å². The first-order valence-corrected chi connectivity index (χ1v) is 6.43. The smallest absolute Gasteiger partial charge is 0.175 e. The van der Waals surface area contributed by atoms with Crippen molar-refractivity contribution in [1.29, 1.82) is 0 Å². The Balaban J connectivity index is 2.42. The Morgan fingerprint density at radius 2 is 2.06 bits per heavy atom. The zero-order chi connectivity index (χ0) is 12.3. The van der Waals surface area contributed by atoms with Gasteiger partial charge in [0.15, 0.2) is 11.5 Å². The van der Waals surface area contributed by atoms with Crippen molar-refractivity contribution in [3.63, 3.8) is 0 Å². The molecule has 0 radical (unpaired) electrons. The molecule has 1 aliphatic rings. The van der Waals surface area contributed by atoms with Crippen molar-refractivity contribution in [2.45, 2.75) is 19.9 Å². The average Bonchev–Trinajstić information content (AvgIpc) is 2.36. The average molecular weight is 302 g/mol. The standard InChI is InChI=1S/C12H16BrNO3/c1-3-9-8(7-14-15-2)6-10(13)12-11(9)16-4-5-17-12/h6,14H,3-5,7H2,1-2H3. The van der Waals surface area contributed by atoms with E-state index in [1.165, 1.54) is 5.56 Å². The molecular weight excluding hydrogens is 286 g/mol. The lowest BCUT2D eigenvalue weighted by atomic mass is 10.0. The van der Waals surface area contributed by atoms with Gasteiger partial charge in [-0.2, -0.15) is 5.48 Å². The molecule has 1 aliphatic heterocycles. The van der Waals surface area contributed by atoms with Gasteiger partial charge in [0.2, 0.25) is 0 Å². The number of rotatable bonds is 4. The highest BCUT2D eigenvalue weighted by molar-refractivity contribution is 9.10. The normalized spacial score (nSPS) is 13.8. The minimum atomic E-state index is 0.602. The highest BCUT2D eigenvalue weighted by Gasteiger charge is 2.21. The molecule has 2 rings (SSSR count). The van der Waals surface area contributed by atoms with Crippen LogP contribution in [0.4, 0.5) is 0 Å². The number of benzene rings is 1. The Bertz CT molecular complexity index is 409. The van der Waals surface area contributed by atoms with Gasteiger partial charge in [0.05, 0.1) is 11.6 Å². The van der Waals surface area contributed by atoms with Gasteiger partial charge >= 0.3 is 0 Å². The van der Waals surface area contributed by atoms with Crippen molar-refractivity contribution in [3.05, 3.63) is 21.7 Å². The van der Waals surface area contributed by atoms with Gasteiger partial charge in [-0.3, -0.25) is 0 Å². The van der Waals surface area contributed by atoms with Crippen molar-refractivity contribution in [1.82, 2.24) is 5.48 Å². The predicted octanol–water partition coefficient (Wildman–Crippen LogP) is 2.43. The van der Waals surface area contributed by atoms with E-state index in [9.17, 15) is 0 Å². The minimum Gasteiger partial charge on any atom is -0.486 e. The molecule has 0 aliphatic carbocycles. The minimum absolute atomic E-state index is 0.602. The van der Waals surface area contributed by atoms with Crippen LogP contribution in [0.3, 0.4) is 0 Å². The first-order valence-electron chi connectivity index (χ1n) is 5.63. The summed E-state index contributed by atoms with van der Waals surface area (Å²) < 4.78 is 12.3. The van der Waals surface area contributed by atoms with Crippen LogP contribution >= 0.6 is 15.9 Å². The summed E-state index contributed by atoms with van der Waals surface area (Å²) >= 11 is 3.51. The van der Waals surface area contributed by atoms with E-state index in [0.29, 0.717) is 19.8 Å². The van der Waals surface area contributed by atoms with E-state index in [-0.39, 0.29) is 0 Å². The van der Waals surface area contributed by atoms with Gasteiger partial charge < -0.3 is 14.3 Å². The summed E-state index contributed by atoms with van der Waals surface area (Å²) in [6.07, 6.45) is 0.902. The second-order valence-corrected chi connectivity index (χ2v) is 4.58. The molecule has 0 atom stereocenters. The van der Waals surface area contributed by atoms with Crippen LogP contribution < -0.4 is 15.0 Å². The topological polar surface area (TPSA) is 39.7 Å². The van der Waals surface area contributed by atoms with E-state index in [1.54, 1.807) is 7.11 Å². The Morgan fingerprint density at radius 1 is 1.35 bits per heavy atom. The van der Waals surface area contributed by atoms with Gasteiger partial charge in [0, 0.05) is 12.1 Å². The Kier molecular flexibility index (Phi) is 4.25. The molecule has 5 heteroatoms. The molecule has 0 fully saturated rings. The number of hydrogen-bond donors (Lipinski definition) is 1. The number of halogens is 1. The fraction of sp³-hybridized carbons (Fsp3) is 0.500. The number of fused-ring (bicyclic) bond motifs is 1. The molecule has 94 valence electrons. The molecule has 0 bridgehead atoms. The van der Waals surface area contributed by atoms with E-state index >= 15 is 0 Å².